The van der Waals surface area contributed by atoms with Crippen molar-refractivity contribution in [3.8, 4) is 0 Å². The normalized spacial score (nSPS) is 27.9. The first kappa shape index (κ1) is 9.26. The smallest absolute Gasteiger partial charge is 0.165 e. The molecule has 0 aromatic heterocycles. The van der Waals surface area contributed by atoms with Crippen molar-refractivity contribution in [2.75, 3.05) is 6.61 Å². The molecule has 68 valence electrons. The van der Waals surface area contributed by atoms with Gasteiger partial charge < -0.3 is 9.84 Å². The highest BCUT2D eigenvalue weighted by Crippen LogP contribution is 2.22. The Hall–Kier alpha value is -0.830. The van der Waals surface area contributed by atoms with E-state index in [2.05, 4.69) is 0 Å². The first-order chi connectivity index (χ1) is 5.77. The lowest BCUT2D eigenvalue weighted by Crippen LogP contribution is -2.28. The number of hydrogen-bond acceptors (Lipinski definition) is 3. The second kappa shape index (κ2) is 4.26. The number of allylic oxidation sites excluding steroid dienone is 1. The van der Waals surface area contributed by atoms with Crippen molar-refractivity contribution in [1.82, 2.24) is 0 Å². The summed E-state index contributed by atoms with van der Waals surface area (Å²) in [5, 5.41) is 8.67. The van der Waals surface area contributed by atoms with Gasteiger partial charge in [0.15, 0.2) is 5.78 Å². The van der Waals surface area contributed by atoms with Crippen LogP contribution in [0.4, 0.5) is 0 Å². The second-order valence-corrected chi connectivity index (χ2v) is 2.91. The van der Waals surface area contributed by atoms with Crippen molar-refractivity contribution in [2.24, 2.45) is 0 Å². The van der Waals surface area contributed by atoms with Crippen LogP contribution in [-0.4, -0.2) is 23.6 Å². The van der Waals surface area contributed by atoms with E-state index in [1.165, 1.54) is 0 Å². The van der Waals surface area contributed by atoms with E-state index in [9.17, 15) is 4.79 Å². The van der Waals surface area contributed by atoms with Gasteiger partial charge in [-0.25, -0.2) is 0 Å². The molecule has 0 saturated heterocycles. The number of carbonyl (C=O) groups excluding carboxylic acids is 1. The molecule has 3 heteroatoms. The van der Waals surface area contributed by atoms with Crippen molar-refractivity contribution in [2.45, 2.75) is 32.3 Å². The number of Topliss-reactive ketones (excluding diaryl/α,β-unsaturated/α-hetero) is 1. The van der Waals surface area contributed by atoms with Gasteiger partial charge >= 0.3 is 0 Å². The molecular formula is C9H14O3. The SMILES string of the molecule is CCOC1CCC(=CO)CC1=O. The summed E-state index contributed by atoms with van der Waals surface area (Å²) in [5.74, 6) is 0.0865. The highest BCUT2D eigenvalue weighted by molar-refractivity contribution is 5.86. The number of carbonyl (C=O) groups is 1. The van der Waals surface area contributed by atoms with Crippen LogP contribution >= 0.6 is 0 Å². The van der Waals surface area contributed by atoms with Gasteiger partial charge in [0.05, 0.1) is 6.26 Å². The molecule has 0 aliphatic heterocycles. The molecule has 3 nitrogen and oxygen atoms in total. The van der Waals surface area contributed by atoms with E-state index in [0.29, 0.717) is 19.4 Å². The van der Waals surface area contributed by atoms with E-state index in [4.69, 9.17) is 9.84 Å². The van der Waals surface area contributed by atoms with Crippen LogP contribution in [0.1, 0.15) is 26.2 Å². The summed E-state index contributed by atoms with van der Waals surface area (Å²) >= 11 is 0. The van der Waals surface area contributed by atoms with Gasteiger partial charge in [-0.3, -0.25) is 4.79 Å². The Morgan fingerprint density at radius 1 is 1.75 bits per heavy atom. The van der Waals surface area contributed by atoms with Crippen LogP contribution < -0.4 is 0 Å². The molecule has 1 aliphatic carbocycles. The zero-order valence-electron chi connectivity index (χ0n) is 7.25. The van der Waals surface area contributed by atoms with E-state index in [1.54, 1.807) is 0 Å². The molecule has 0 spiro atoms. The molecule has 0 heterocycles. The summed E-state index contributed by atoms with van der Waals surface area (Å²) in [6.45, 7) is 2.46. The minimum Gasteiger partial charge on any atom is -0.516 e. The predicted octanol–water partition coefficient (Wildman–Crippen LogP) is 1.59. The van der Waals surface area contributed by atoms with Crippen LogP contribution in [0.2, 0.25) is 0 Å². The standard InChI is InChI=1S/C9H14O3/c1-2-12-9-4-3-7(6-10)5-8(9)11/h6,9-10H,2-5H2,1H3. The molecule has 0 bridgehead atoms. The zero-order chi connectivity index (χ0) is 8.97. The lowest BCUT2D eigenvalue weighted by molar-refractivity contribution is -0.131. The van der Waals surface area contributed by atoms with Gasteiger partial charge in [0, 0.05) is 13.0 Å². The fraction of sp³-hybridized carbons (Fsp3) is 0.667. The molecule has 1 N–H and O–H groups in total. The number of ketones is 1. The first-order valence-corrected chi connectivity index (χ1v) is 4.24. The van der Waals surface area contributed by atoms with E-state index in [-0.39, 0.29) is 11.9 Å². The summed E-state index contributed by atoms with van der Waals surface area (Å²) < 4.78 is 5.23. The number of rotatable bonds is 2. The predicted molar refractivity (Wildman–Crippen MR) is 45.0 cm³/mol. The third-order valence-corrected chi connectivity index (χ3v) is 2.04. The van der Waals surface area contributed by atoms with Crippen LogP contribution in [0.25, 0.3) is 0 Å². The maximum atomic E-state index is 11.3. The molecule has 0 amide bonds. The number of aliphatic hydroxyl groups is 1. The molecule has 0 aromatic rings. The molecule has 0 radical (unpaired) electrons. The van der Waals surface area contributed by atoms with Crippen molar-refractivity contribution >= 4 is 5.78 Å². The molecule has 0 aromatic carbocycles. The minimum absolute atomic E-state index is 0.0865. The highest BCUT2D eigenvalue weighted by Gasteiger charge is 2.24. The van der Waals surface area contributed by atoms with Gasteiger partial charge in [-0.1, -0.05) is 0 Å². The van der Waals surface area contributed by atoms with Gasteiger partial charge in [-0.15, -0.1) is 0 Å². The topological polar surface area (TPSA) is 46.5 Å². The summed E-state index contributed by atoms with van der Waals surface area (Å²) in [4.78, 5) is 11.3. The molecule has 1 unspecified atom stereocenters. The maximum Gasteiger partial charge on any atom is 0.165 e. The average molecular weight is 170 g/mol. The Morgan fingerprint density at radius 3 is 3.00 bits per heavy atom. The van der Waals surface area contributed by atoms with Gasteiger partial charge in [-0.05, 0) is 25.3 Å². The Bertz CT molecular complexity index is 196. The summed E-state index contributed by atoms with van der Waals surface area (Å²) in [7, 11) is 0. The van der Waals surface area contributed by atoms with E-state index in [1.807, 2.05) is 6.92 Å². The molecular weight excluding hydrogens is 156 g/mol. The second-order valence-electron chi connectivity index (χ2n) is 2.91. The van der Waals surface area contributed by atoms with Gasteiger partial charge in [-0.2, -0.15) is 0 Å². The third kappa shape index (κ3) is 2.08. The van der Waals surface area contributed by atoms with E-state index >= 15 is 0 Å². The largest absolute Gasteiger partial charge is 0.516 e. The van der Waals surface area contributed by atoms with Gasteiger partial charge in [0.2, 0.25) is 0 Å². The lowest BCUT2D eigenvalue weighted by atomic mass is 9.92. The summed E-state index contributed by atoms with van der Waals surface area (Å²) in [6, 6.07) is 0. The number of ether oxygens (including phenoxy) is 1. The Labute approximate surface area is 72.0 Å². The monoisotopic (exact) mass is 170 g/mol. The first-order valence-electron chi connectivity index (χ1n) is 4.24. The molecule has 12 heavy (non-hydrogen) atoms. The van der Waals surface area contributed by atoms with Crippen molar-refractivity contribution in [3.05, 3.63) is 11.8 Å². The van der Waals surface area contributed by atoms with Crippen LogP contribution in [-0.2, 0) is 9.53 Å². The molecule has 1 rings (SSSR count). The number of hydrogen-bond donors (Lipinski definition) is 1. The average Bonchev–Trinajstić information content (AvgIpc) is 2.09. The van der Waals surface area contributed by atoms with Crippen molar-refractivity contribution in [1.29, 1.82) is 0 Å². The minimum atomic E-state index is -0.237. The van der Waals surface area contributed by atoms with Crippen LogP contribution in [0.5, 0.6) is 0 Å². The third-order valence-electron chi connectivity index (χ3n) is 2.04. The molecule has 1 fully saturated rings. The van der Waals surface area contributed by atoms with Crippen LogP contribution in [0.3, 0.4) is 0 Å². The maximum absolute atomic E-state index is 11.3. The lowest BCUT2D eigenvalue weighted by Gasteiger charge is -2.21. The van der Waals surface area contributed by atoms with Crippen LogP contribution in [0, 0.1) is 0 Å². The molecule has 1 aliphatic rings. The highest BCUT2D eigenvalue weighted by atomic mass is 16.5. The van der Waals surface area contributed by atoms with E-state index < -0.39 is 0 Å². The summed E-state index contributed by atoms with van der Waals surface area (Å²) in [5.41, 5.74) is 0.816. The van der Waals surface area contributed by atoms with Crippen molar-refractivity contribution < 1.29 is 14.6 Å². The molecule has 1 atom stereocenters. The van der Waals surface area contributed by atoms with E-state index in [0.717, 1.165) is 18.3 Å². The zero-order valence-corrected chi connectivity index (χ0v) is 7.25. The van der Waals surface area contributed by atoms with Gasteiger partial charge in [0.1, 0.15) is 6.10 Å². The van der Waals surface area contributed by atoms with Crippen LogP contribution in [0.15, 0.2) is 11.8 Å². The Kier molecular flexibility index (Phi) is 3.29. The molecule has 1 saturated carbocycles. The number of aliphatic hydroxyl groups excluding tert-OH is 1. The summed E-state index contributed by atoms with van der Waals surface area (Å²) in [6.07, 6.45) is 2.63. The fourth-order valence-electron chi connectivity index (χ4n) is 1.39. The Morgan fingerprint density at radius 2 is 2.50 bits per heavy atom. The fourth-order valence-corrected chi connectivity index (χ4v) is 1.39. The van der Waals surface area contributed by atoms with Crippen molar-refractivity contribution in [3.63, 3.8) is 0 Å². The van der Waals surface area contributed by atoms with Gasteiger partial charge in [0.25, 0.3) is 0 Å². The Balaban J connectivity index is 2.48. The quantitative estimate of drug-likeness (QED) is 0.640.